The third-order valence-corrected chi connectivity index (χ3v) is 3.51. The minimum atomic E-state index is 0.914. The fourth-order valence-electron chi connectivity index (χ4n) is 2.46. The van der Waals surface area contributed by atoms with Crippen molar-refractivity contribution >= 4 is 16.5 Å². The number of ether oxygens (including phenoxy) is 1. The molecule has 3 rings (SSSR count). The molecule has 2 aromatic carbocycles. The highest BCUT2D eigenvalue weighted by atomic mass is 16.5. The van der Waals surface area contributed by atoms with E-state index >= 15 is 0 Å². The van der Waals surface area contributed by atoms with Gasteiger partial charge in [-0.2, -0.15) is 0 Å². The van der Waals surface area contributed by atoms with E-state index in [1.165, 1.54) is 16.5 Å². The molecule has 1 N–H and O–H groups in total. The molecule has 1 heterocycles. The van der Waals surface area contributed by atoms with Crippen LogP contribution in [0.5, 0.6) is 5.75 Å². The third kappa shape index (κ3) is 2.14. The van der Waals surface area contributed by atoms with E-state index in [2.05, 4.69) is 40.5 Å². The number of nitrogens with one attached hydrogen (secondary N) is 1. The van der Waals surface area contributed by atoms with Gasteiger partial charge in [0.05, 0.1) is 7.11 Å². The first-order valence-corrected chi connectivity index (χ1v) is 6.40. The summed E-state index contributed by atoms with van der Waals surface area (Å²) in [5.74, 6) is 0.914. The first-order chi connectivity index (χ1) is 8.86. The van der Waals surface area contributed by atoms with Crippen molar-refractivity contribution in [3.05, 3.63) is 36.4 Å². The van der Waals surface area contributed by atoms with Gasteiger partial charge in [-0.25, -0.2) is 0 Å². The van der Waals surface area contributed by atoms with Gasteiger partial charge < -0.3 is 15.0 Å². The Kier molecular flexibility index (Phi) is 3.07. The Morgan fingerprint density at radius 3 is 2.50 bits per heavy atom. The Labute approximate surface area is 107 Å². The molecule has 0 aromatic heterocycles. The van der Waals surface area contributed by atoms with Gasteiger partial charge in [-0.1, -0.05) is 12.1 Å². The quantitative estimate of drug-likeness (QED) is 0.874. The normalized spacial score (nSPS) is 15.9. The molecule has 18 heavy (non-hydrogen) atoms. The van der Waals surface area contributed by atoms with Crippen LogP contribution >= 0.6 is 0 Å². The fourth-order valence-corrected chi connectivity index (χ4v) is 2.46. The van der Waals surface area contributed by atoms with Crippen LogP contribution in [0.4, 0.5) is 5.69 Å². The Morgan fingerprint density at radius 1 is 1.00 bits per heavy atom. The molecule has 3 nitrogen and oxygen atoms in total. The van der Waals surface area contributed by atoms with Gasteiger partial charge in [0.25, 0.3) is 0 Å². The van der Waals surface area contributed by atoms with Crippen LogP contribution in [0.15, 0.2) is 36.4 Å². The number of hydrogen-bond donors (Lipinski definition) is 1. The Hall–Kier alpha value is -1.74. The highest BCUT2D eigenvalue weighted by Gasteiger charge is 2.10. The number of methoxy groups -OCH3 is 1. The van der Waals surface area contributed by atoms with Crippen molar-refractivity contribution < 1.29 is 4.74 Å². The fraction of sp³-hybridized carbons (Fsp3) is 0.333. The number of hydrogen-bond acceptors (Lipinski definition) is 3. The van der Waals surface area contributed by atoms with Gasteiger partial charge in [0.15, 0.2) is 0 Å². The lowest BCUT2D eigenvalue weighted by molar-refractivity contribution is 0.415. The van der Waals surface area contributed by atoms with Crippen LogP contribution in [0.3, 0.4) is 0 Å². The van der Waals surface area contributed by atoms with Gasteiger partial charge in [-0.15, -0.1) is 0 Å². The molecule has 0 aliphatic carbocycles. The molecule has 0 bridgehead atoms. The number of piperazine rings is 1. The van der Waals surface area contributed by atoms with Crippen molar-refractivity contribution in [1.82, 2.24) is 5.32 Å². The highest BCUT2D eigenvalue weighted by molar-refractivity contribution is 5.87. The van der Waals surface area contributed by atoms with Gasteiger partial charge >= 0.3 is 0 Å². The zero-order valence-corrected chi connectivity index (χ0v) is 10.6. The maximum Gasteiger partial charge on any atom is 0.119 e. The van der Waals surface area contributed by atoms with E-state index in [0.717, 1.165) is 31.9 Å². The second-order valence-corrected chi connectivity index (χ2v) is 4.63. The van der Waals surface area contributed by atoms with Crippen LogP contribution < -0.4 is 15.0 Å². The highest BCUT2D eigenvalue weighted by Crippen LogP contribution is 2.25. The lowest BCUT2D eigenvalue weighted by Gasteiger charge is -2.29. The molecule has 1 saturated heterocycles. The van der Waals surface area contributed by atoms with Crippen LogP contribution in [-0.2, 0) is 0 Å². The third-order valence-electron chi connectivity index (χ3n) is 3.51. The van der Waals surface area contributed by atoms with Gasteiger partial charge in [-0.05, 0) is 35.0 Å². The minimum Gasteiger partial charge on any atom is -0.497 e. The molecule has 0 spiro atoms. The number of fused-ring (bicyclic) bond motifs is 1. The largest absolute Gasteiger partial charge is 0.497 e. The standard InChI is InChI=1S/C15H18N2O/c1-18-15-5-3-12-10-14(4-2-13(12)11-15)17-8-6-16-7-9-17/h2-5,10-11,16H,6-9H2,1H3. The number of nitrogens with zero attached hydrogens (tertiary/aromatic N) is 1. The average Bonchev–Trinajstić information content (AvgIpc) is 2.47. The van der Waals surface area contributed by atoms with Crippen molar-refractivity contribution in [2.45, 2.75) is 0 Å². The van der Waals surface area contributed by atoms with Crippen molar-refractivity contribution in [3.8, 4) is 5.75 Å². The summed E-state index contributed by atoms with van der Waals surface area (Å²) < 4.78 is 5.25. The van der Waals surface area contributed by atoms with E-state index in [9.17, 15) is 0 Å². The second-order valence-electron chi connectivity index (χ2n) is 4.63. The summed E-state index contributed by atoms with van der Waals surface area (Å²) in [5.41, 5.74) is 1.31. The van der Waals surface area contributed by atoms with Crippen molar-refractivity contribution in [1.29, 1.82) is 0 Å². The molecular weight excluding hydrogens is 224 g/mol. The second kappa shape index (κ2) is 4.86. The van der Waals surface area contributed by atoms with Crippen LogP contribution in [-0.4, -0.2) is 33.3 Å². The molecule has 0 saturated carbocycles. The molecule has 0 amide bonds. The molecule has 3 heteroatoms. The van der Waals surface area contributed by atoms with E-state index < -0.39 is 0 Å². The maximum absolute atomic E-state index is 5.25. The summed E-state index contributed by atoms with van der Waals surface area (Å²) in [5, 5.41) is 5.88. The zero-order valence-electron chi connectivity index (χ0n) is 10.6. The topological polar surface area (TPSA) is 24.5 Å². The smallest absolute Gasteiger partial charge is 0.119 e. The van der Waals surface area contributed by atoms with Crippen LogP contribution in [0.25, 0.3) is 10.8 Å². The van der Waals surface area contributed by atoms with E-state index in [1.807, 2.05) is 6.07 Å². The average molecular weight is 242 g/mol. The molecular formula is C15H18N2O. The Balaban J connectivity index is 1.95. The summed E-state index contributed by atoms with van der Waals surface area (Å²) in [6, 6.07) is 12.9. The molecule has 1 aliphatic rings. The van der Waals surface area contributed by atoms with Crippen LogP contribution in [0, 0.1) is 0 Å². The van der Waals surface area contributed by atoms with Crippen LogP contribution in [0.2, 0.25) is 0 Å². The molecule has 1 fully saturated rings. The maximum atomic E-state index is 5.25. The minimum absolute atomic E-state index is 0.914. The number of benzene rings is 2. The Morgan fingerprint density at radius 2 is 1.72 bits per heavy atom. The molecule has 94 valence electrons. The van der Waals surface area contributed by atoms with Gasteiger partial charge in [0, 0.05) is 31.9 Å². The summed E-state index contributed by atoms with van der Waals surface area (Å²) in [4.78, 5) is 2.43. The van der Waals surface area contributed by atoms with Gasteiger partial charge in [0.1, 0.15) is 5.75 Å². The summed E-state index contributed by atoms with van der Waals surface area (Å²) in [7, 11) is 1.70. The molecule has 0 radical (unpaired) electrons. The Bertz CT molecular complexity index is 547. The summed E-state index contributed by atoms with van der Waals surface area (Å²) in [6.45, 7) is 4.31. The van der Waals surface area contributed by atoms with E-state index in [4.69, 9.17) is 4.74 Å². The van der Waals surface area contributed by atoms with Crippen molar-refractivity contribution in [3.63, 3.8) is 0 Å². The molecule has 2 aromatic rings. The first-order valence-electron chi connectivity index (χ1n) is 6.40. The number of rotatable bonds is 2. The molecule has 0 atom stereocenters. The van der Waals surface area contributed by atoms with E-state index in [1.54, 1.807) is 7.11 Å². The molecule has 1 aliphatic heterocycles. The molecule has 0 unspecified atom stereocenters. The summed E-state index contributed by atoms with van der Waals surface area (Å²) in [6.07, 6.45) is 0. The van der Waals surface area contributed by atoms with Crippen LogP contribution in [0.1, 0.15) is 0 Å². The lowest BCUT2D eigenvalue weighted by atomic mass is 10.1. The first kappa shape index (κ1) is 11.4. The monoisotopic (exact) mass is 242 g/mol. The van der Waals surface area contributed by atoms with E-state index in [0.29, 0.717) is 0 Å². The predicted octanol–water partition coefficient (Wildman–Crippen LogP) is 2.26. The van der Waals surface area contributed by atoms with Gasteiger partial charge in [-0.3, -0.25) is 0 Å². The summed E-state index contributed by atoms with van der Waals surface area (Å²) >= 11 is 0. The van der Waals surface area contributed by atoms with Crippen molar-refractivity contribution in [2.24, 2.45) is 0 Å². The van der Waals surface area contributed by atoms with Gasteiger partial charge in [0.2, 0.25) is 0 Å². The van der Waals surface area contributed by atoms with Crippen molar-refractivity contribution in [2.75, 3.05) is 38.2 Å². The zero-order chi connectivity index (χ0) is 12.4. The lowest BCUT2D eigenvalue weighted by Crippen LogP contribution is -2.43. The predicted molar refractivity (Wildman–Crippen MR) is 75.6 cm³/mol. The number of anilines is 1. The SMILES string of the molecule is COc1ccc2cc(N3CCNCC3)ccc2c1. The van der Waals surface area contributed by atoms with E-state index in [-0.39, 0.29) is 0 Å².